The van der Waals surface area contributed by atoms with Crippen molar-refractivity contribution in [1.29, 1.82) is 0 Å². The zero-order valence-electron chi connectivity index (χ0n) is 15.6. The predicted octanol–water partition coefficient (Wildman–Crippen LogP) is 4.24. The molecule has 1 aliphatic heterocycles. The van der Waals surface area contributed by atoms with E-state index in [-0.39, 0.29) is 11.5 Å². The molecule has 0 spiro atoms. The van der Waals surface area contributed by atoms with E-state index in [1.165, 1.54) is 31.0 Å². The van der Waals surface area contributed by atoms with Crippen molar-refractivity contribution in [1.82, 2.24) is 15.0 Å². The molecule has 154 valence electrons. The number of alkyl halides is 3. The molecular formula is C18H16F3N3O4S. The average Bonchev–Trinajstić information content (AvgIpc) is 3.07. The van der Waals surface area contributed by atoms with Crippen LogP contribution in [0, 0.1) is 6.92 Å². The first-order chi connectivity index (χ1) is 13.8. The molecule has 0 amide bonds. The molecule has 1 unspecified atom stereocenters. The minimum Gasteiger partial charge on any atom is -0.492 e. The Morgan fingerprint density at radius 3 is 2.69 bits per heavy atom. The molecule has 7 nitrogen and oxygen atoms in total. The number of fused-ring (bicyclic) bond motifs is 2. The molecule has 1 aromatic carbocycles. The minimum atomic E-state index is -4.05. The van der Waals surface area contributed by atoms with Crippen molar-refractivity contribution in [3.05, 3.63) is 29.6 Å². The van der Waals surface area contributed by atoms with E-state index >= 15 is 0 Å². The number of aromatic nitrogens is 3. The number of hydrogen-bond acceptors (Lipinski definition) is 7. The van der Waals surface area contributed by atoms with Crippen molar-refractivity contribution in [2.24, 2.45) is 0 Å². The molecule has 1 aliphatic rings. The summed E-state index contributed by atoms with van der Waals surface area (Å²) >= 11 is 1.33. The van der Waals surface area contributed by atoms with Crippen molar-refractivity contribution < 1.29 is 32.1 Å². The van der Waals surface area contributed by atoms with Gasteiger partial charge in [-0.3, -0.25) is 4.98 Å². The Hall–Kier alpha value is -2.82. The van der Waals surface area contributed by atoms with E-state index in [2.05, 4.69) is 24.4 Å². The number of ether oxygens (including phenoxy) is 4. The van der Waals surface area contributed by atoms with Crippen molar-refractivity contribution in [2.45, 2.75) is 30.3 Å². The van der Waals surface area contributed by atoms with Crippen LogP contribution in [-0.2, 0) is 5.75 Å². The van der Waals surface area contributed by atoms with Gasteiger partial charge in [-0.1, -0.05) is 11.8 Å². The third kappa shape index (κ3) is 3.50. The molecule has 0 saturated carbocycles. The SMILES string of the molecule is COc1c(C)cnc(CSc2nc3cc4c(cc3[nH]2)OC(F)(F)C(F)O4)c1OC. The van der Waals surface area contributed by atoms with Gasteiger partial charge < -0.3 is 23.9 Å². The van der Waals surface area contributed by atoms with E-state index in [0.717, 1.165) is 5.56 Å². The first kappa shape index (κ1) is 19.5. The van der Waals surface area contributed by atoms with E-state index in [1.807, 2.05) is 6.92 Å². The van der Waals surface area contributed by atoms with E-state index in [9.17, 15) is 13.2 Å². The van der Waals surface area contributed by atoms with Gasteiger partial charge in [-0.05, 0) is 6.92 Å². The van der Waals surface area contributed by atoms with Crippen LogP contribution >= 0.6 is 11.8 Å². The Bertz CT molecular complexity index is 1080. The Labute approximate surface area is 167 Å². The maximum atomic E-state index is 13.4. The van der Waals surface area contributed by atoms with E-state index in [1.54, 1.807) is 13.3 Å². The maximum absolute atomic E-state index is 13.4. The highest BCUT2D eigenvalue weighted by atomic mass is 32.2. The lowest BCUT2D eigenvalue weighted by molar-refractivity contribution is -0.281. The normalized spacial score (nSPS) is 17.4. The highest BCUT2D eigenvalue weighted by Crippen LogP contribution is 2.43. The lowest BCUT2D eigenvalue weighted by Crippen LogP contribution is -2.43. The van der Waals surface area contributed by atoms with Gasteiger partial charge in [-0.2, -0.15) is 13.2 Å². The first-order valence-electron chi connectivity index (χ1n) is 8.43. The van der Waals surface area contributed by atoms with Crippen molar-refractivity contribution in [2.75, 3.05) is 14.2 Å². The summed E-state index contributed by atoms with van der Waals surface area (Å²) in [6, 6.07) is 2.65. The first-order valence-corrected chi connectivity index (χ1v) is 9.41. The van der Waals surface area contributed by atoms with Gasteiger partial charge in [0.2, 0.25) is 0 Å². The number of nitrogens with zero attached hydrogens (tertiary/aromatic N) is 2. The van der Waals surface area contributed by atoms with E-state index in [4.69, 9.17) is 9.47 Å². The molecule has 3 aromatic rings. The van der Waals surface area contributed by atoms with Gasteiger partial charge in [0.15, 0.2) is 28.2 Å². The van der Waals surface area contributed by atoms with Gasteiger partial charge in [0.25, 0.3) is 0 Å². The molecule has 11 heteroatoms. The summed E-state index contributed by atoms with van der Waals surface area (Å²) in [5.41, 5.74) is 2.37. The summed E-state index contributed by atoms with van der Waals surface area (Å²) in [7, 11) is 3.09. The molecule has 0 fully saturated rings. The van der Waals surface area contributed by atoms with E-state index in [0.29, 0.717) is 39.1 Å². The van der Waals surface area contributed by atoms with Crippen LogP contribution in [0.5, 0.6) is 23.0 Å². The fourth-order valence-electron chi connectivity index (χ4n) is 2.91. The number of rotatable bonds is 5. The van der Waals surface area contributed by atoms with Crippen LogP contribution in [0.3, 0.4) is 0 Å². The minimum absolute atomic E-state index is 0.134. The lowest BCUT2D eigenvalue weighted by Gasteiger charge is -2.28. The van der Waals surface area contributed by atoms with E-state index < -0.39 is 12.5 Å². The summed E-state index contributed by atoms with van der Waals surface area (Å²) < 4.78 is 59.9. The van der Waals surface area contributed by atoms with Crippen LogP contribution in [0.2, 0.25) is 0 Å². The molecule has 0 bridgehead atoms. The molecule has 2 aromatic heterocycles. The fraction of sp³-hybridized carbons (Fsp3) is 0.333. The van der Waals surface area contributed by atoms with Gasteiger partial charge >= 0.3 is 12.5 Å². The highest BCUT2D eigenvalue weighted by Gasteiger charge is 2.49. The zero-order chi connectivity index (χ0) is 20.8. The number of benzene rings is 1. The number of aryl methyl sites for hydroxylation is 1. The number of pyridine rings is 1. The summed E-state index contributed by atoms with van der Waals surface area (Å²) in [6.45, 7) is 1.86. The van der Waals surface area contributed by atoms with Crippen LogP contribution in [0.1, 0.15) is 11.3 Å². The average molecular weight is 427 g/mol. The third-order valence-corrected chi connectivity index (χ3v) is 5.15. The van der Waals surface area contributed by atoms with Gasteiger partial charge in [-0.15, -0.1) is 0 Å². The van der Waals surface area contributed by atoms with Gasteiger partial charge in [-0.25, -0.2) is 4.98 Å². The number of nitrogens with one attached hydrogen (secondary N) is 1. The quantitative estimate of drug-likeness (QED) is 0.611. The van der Waals surface area contributed by atoms with Crippen LogP contribution in [0.25, 0.3) is 11.0 Å². The molecule has 0 saturated heterocycles. The summed E-state index contributed by atoms with van der Waals surface area (Å²) in [4.78, 5) is 11.8. The van der Waals surface area contributed by atoms with Crippen molar-refractivity contribution >= 4 is 22.8 Å². The topological polar surface area (TPSA) is 78.5 Å². The molecule has 29 heavy (non-hydrogen) atoms. The van der Waals surface area contributed by atoms with Crippen LogP contribution in [-0.4, -0.2) is 41.6 Å². The monoisotopic (exact) mass is 427 g/mol. The fourth-order valence-corrected chi connectivity index (χ4v) is 3.74. The van der Waals surface area contributed by atoms with Gasteiger partial charge in [0.05, 0.1) is 30.9 Å². The highest BCUT2D eigenvalue weighted by molar-refractivity contribution is 7.98. The number of thioether (sulfide) groups is 1. The molecular weight excluding hydrogens is 411 g/mol. The van der Waals surface area contributed by atoms with Crippen molar-refractivity contribution in [3.8, 4) is 23.0 Å². The Balaban J connectivity index is 1.59. The van der Waals surface area contributed by atoms with Crippen LogP contribution in [0.4, 0.5) is 13.2 Å². The molecule has 3 heterocycles. The summed E-state index contributed by atoms with van der Waals surface area (Å²) in [5, 5.41) is 0.509. The van der Waals surface area contributed by atoms with Gasteiger partial charge in [0, 0.05) is 29.6 Å². The van der Waals surface area contributed by atoms with Crippen molar-refractivity contribution in [3.63, 3.8) is 0 Å². The maximum Gasteiger partial charge on any atom is 0.468 e. The Morgan fingerprint density at radius 1 is 1.21 bits per heavy atom. The molecule has 1 atom stereocenters. The Kier molecular flexibility index (Phi) is 4.85. The zero-order valence-corrected chi connectivity index (χ0v) is 16.4. The van der Waals surface area contributed by atoms with Crippen LogP contribution < -0.4 is 18.9 Å². The molecule has 0 aliphatic carbocycles. The number of hydrogen-bond donors (Lipinski definition) is 1. The lowest BCUT2D eigenvalue weighted by atomic mass is 10.2. The van der Waals surface area contributed by atoms with Gasteiger partial charge in [0.1, 0.15) is 0 Å². The number of H-pyrrole nitrogens is 1. The predicted molar refractivity (Wildman–Crippen MR) is 98.8 cm³/mol. The number of aromatic amines is 1. The second kappa shape index (κ2) is 7.21. The number of methoxy groups -OCH3 is 2. The number of halogens is 3. The molecule has 4 rings (SSSR count). The second-order valence-corrected chi connectivity index (χ2v) is 7.16. The Morgan fingerprint density at radius 2 is 1.97 bits per heavy atom. The standard InChI is InChI=1S/C18H16F3N3O4S/c1-8-6-22-11(15(26-3)14(8)25-2)7-29-17-23-9-4-12-13(5-10(9)24-17)28-18(20,21)16(19)27-12/h4-6,16H,7H2,1-3H3,(H,23,24). The smallest absolute Gasteiger partial charge is 0.468 e. The second-order valence-electron chi connectivity index (χ2n) is 6.20. The largest absolute Gasteiger partial charge is 0.492 e. The molecule has 1 N–H and O–H groups in total. The summed E-state index contributed by atoms with van der Waals surface area (Å²) in [5.74, 6) is 1.15. The third-order valence-electron chi connectivity index (χ3n) is 4.26. The summed E-state index contributed by atoms with van der Waals surface area (Å²) in [6.07, 6.45) is -5.24. The van der Waals surface area contributed by atoms with Crippen LogP contribution in [0.15, 0.2) is 23.5 Å². The number of imidazole rings is 1. The molecule has 0 radical (unpaired) electrons.